The molecule has 0 saturated carbocycles. The van der Waals surface area contributed by atoms with Crippen LogP contribution in [0.4, 0.5) is 18.9 Å². The van der Waals surface area contributed by atoms with Crippen LogP contribution in [0.25, 0.3) is 0 Å². The number of carbonyl (C=O) groups excluding carboxylic acids is 1. The third kappa shape index (κ3) is 5.46. The molecule has 1 aromatic carbocycles. The molecule has 0 saturated heterocycles. The number of halogens is 4. The molecular weight excluding hydrogens is 317 g/mol. The van der Waals surface area contributed by atoms with Crippen molar-refractivity contribution in [3.63, 3.8) is 0 Å². The highest BCUT2D eigenvalue weighted by atomic mass is 35.5. The lowest BCUT2D eigenvalue weighted by Crippen LogP contribution is -2.38. The summed E-state index contributed by atoms with van der Waals surface area (Å²) in [6, 6.07) is 3.37. The van der Waals surface area contributed by atoms with Gasteiger partial charge in [-0.15, -0.1) is 0 Å². The van der Waals surface area contributed by atoms with Crippen LogP contribution in [0, 0.1) is 10.1 Å². The van der Waals surface area contributed by atoms with E-state index in [0.717, 1.165) is 19.2 Å². The lowest BCUT2D eigenvalue weighted by Gasteiger charge is -2.19. The molecule has 0 radical (unpaired) electrons. The van der Waals surface area contributed by atoms with Crippen molar-refractivity contribution < 1.29 is 27.6 Å². The summed E-state index contributed by atoms with van der Waals surface area (Å²) in [5.41, 5.74) is -0.343. The zero-order valence-corrected chi connectivity index (χ0v) is 11.4. The average Bonchev–Trinajstić information content (AvgIpc) is 2.33. The minimum Gasteiger partial charge on any atom is -0.484 e. The predicted octanol–water partition coefficient (Wildman–Crippen LogP) is 2.65. The Labute approximate surface area is 122 Å². The third-order valence-corrected chi connectivity index (χ3v) is 2.62. The maximum absolute atomic E-state index is 12.1. The summed E-state index contributed by atoms with van der Waals surface area (Å²) < 4.78 is 41.2. The van der Waals surface area contributed by atoms with Crippen LogP contribution in [0.1, 0.15) is 0 Å². The van der Waals surface area contributed by atoms with Crippen molar-refractivity contribution in [2.45, 2.75) is 6.18 Å². The predicted molar refractivity (Wildman–Crippen MR) is 67.3 cm³/mol. The first kappa shape index (κ1) is 17.0. The maximum Gasteiger partial charge on any atom is 0.406 e. The monoisotopic (exact) mass is 326 g/mol. The van der Waals surface area contributed by atoms with Crippen molar-refractivity contribution in [3.8, 4) is 5.75 Å². The molecule has 0 spiro atoms. The smallest absolute Gasteiger partial charge is 0.406 e. The highest BCUT2D eigenvalue weighted by Crippen LogP contribution is 2.28. The van der Waals surface area contributed by atoms with Crippen LogP contribution in [0.3, 0.4) is 0 Å². The Bertz CT molecular complexity index is 551. The zero-order chi connectivity index (χ0) is 16.2. The molecule has 0 aliphatic heterocycles. The number of rotatable bonds is 5. The van der Waals surface area contributed by atoms with Crippen molar-refractivity contribution in [3.05, 3.63) is 33.3 Å². The molecule has 1 aromatic rings. The van der Waals surface area contributed by atoms with Crippen LogP contribution in [0.5, 0.6) is 5.75 Å². The molecule has 0 unspecified atom stereocenters. The van der Waals surface area contributed by atoms with Gasteiger partial charge in [-0.25, -0.2) is 0 Å². The van der Waals surface area contributed by atoms with Crippen LogP contribution in [0.2, 0.25) is 5.02 Å². The summed E-state index contributed by atoms with van der Waals surface area (Å²) in [5.74, 6) is -0.846. The van der Waals surface area contributed by atoms with Crippen molar-refractivity contribution in [2.75, 3.05) is 20.2 Å². The van der Waals surface area contributed by atoms with E-state index in [4.69, 9.17) is 16.3 Å². The Hall–Kier alpha value is -2.03. The number of nitro benzene ring substituents is 1. The van der Waals surface area contributed by atoms with Crippen molar-refractivity contribution in [2.24, 2.45) is 0 Å². The number of likely N-dealkylation sites (N-methyl/N-ethyl adjacent to an activating group) is 1. The highest BCUT2D eigenvalue weighted by molar-refractivity contribution is 6.32. The summed E-state index contributed by atoms with van der Waals surface area (Å²) in [6.07, 6.45) is -4.50. The summed E-state index contributed by atoms with van der Waals surface area (Å²) in [5, 5.41) is 10.3. The lowest BCUT2D eigenvalue weighted by atomic mass is 10.3. The van der Waals surface area contributed by atoms with Gasteiger partial charge >= 0.3 is 6.18 Å². The molecule has 116 valence electrons. The number of ether oxygens (including phenoxy) is 1. The molecule has 0 bridgehead atoms. The Balaban J connectivity index is 2.61. The van der Waals surface area contributed by atoms with E-state index in [1.54, 1.807) is 0 Å². The van der Waals surface area contributed by atoms with Crippen LogP contribution >= 0.6 is 11.6 Å². The topological polar surface area (TPSA) is 72.7 Å². The van der Waals surface area contributed by atoms with Crippen molar-refractivity contribution >= 4 is 23.2 Å². The van der Waals surface area contributed by atoms with Gasteiger partial charge in [0, 0.05) is 19.2 Å². The van der Waals surface area contributed by atoms with Gasteiger partial charge in [-0.3, -0.25) is 14.9 Å². The first-order valence-electron chi connectivity index (χ1n) is 5.47. The van der Waals surface area contributed by atoms with Gasteiger partial charge in [0.2, 0.25) is 0 Å². The fourth-order valence-corrected chi connectivity index (χ4v) is 1.58. The molecule has 10 heteroatoms. The van der Waals surface area contributed by atoms with E-state index < -0.39 is 30.2 Å². The van der Waals surface area contributed by atoms with E-state index in [1.807, 2.05) is 0 Å². The standard InChI is InChI=1S/C11H10ClF3N2O4/c1-16(6-11(13,14)15)10(18)5-21-7-2-3-9(17(19)20)8(12)4-7/h2-4H,5-6H2,1H3. The number of carbonyl (C=O) groups is 1. The van der Waals surface area contributed by atoms with Crippen molar-refractivity contribution in [1.29, 1.82) is 0 Å². The molecule has 0 aliphatic carbocycles. The van der Waals surface area contributed by atoms with E-state index in [9.17, 15) is 28.1 Å². The van der Waals surface area contributed by atoms with Crippen LogP contribution in [0.15, 0.2) is 18.2 Å². The zero-order valence-electron chi connectivity index (χ0n) is 10.7. The van der Waals surface area contributed by atoms with Gasteiger partial charge in [-0.2, -0.15) is 13.2 Å². The number of nitro groups is 1. The van der Waals surface area contributed by atoms with Crippen LogP contribution < -0.4 is 4.74 Å². The molecule has 0 heterocycles. The largest absolute Gasteiger partial charge is 0.484 e. The maximum atomic E-state index is 12.1. The van der Waals surface area contributed by atoms with E-state index >= 15 is 0 Å². The van der Waals surface area contributed by atoms with Gasteiger partial charge in [-0.1, -0.05) is 11.6 Å². The second kappa shape index (κ2) is 6.61. The number of hydrogen-bond donors (Lipinski definition) is 0. The Morgan fingerprint density at radius 1 is 1.48 bits per heavy atom. The SMILES string of the molecule is CN(CC(F)(F)F)C(=O)COc1ccc([N+](=O)[O-])c(Cl)c1. The van der Waals surface area contributed by atoms with Gasteiger partial charge in [0.25, 0.3) is 11.6 Å². The summed E-state index contributed by atoms with van der Waals surface area (Å²) in [4.78, 5) is 21.7. The number of nitrogens with zero attached hydrogens (tertiary/aromatic N) is 2. The van der Waals surface area contributed by atoms with Gasteiger partial charge in [0.1, 0.15) is 17.3 Å². The Morgan fingerprint density at radius 2 is 2.10 bits per heavy atom. The second-order valence-electron chi connectivity index (χ2n) is 4.02. The van der Waals surface area contributed by atoms with E-state index in [0.29, 0.717) is 4.90 Å². The first-order chi connectivity index (χ1) is 9.60. The van der Waals surface area contributed by atoms with Crippen LogP contribution in [-0.4, -0.2) is 42.1 Å². The Morgan fingerprint density at radius 3 is 2.57 bits per heavy atom. The second-order valence-corrected chi connectivity index (χ2v) is 4.43. The number of benzene rings is 1. The fraction of sp³-hybridized carbons (Fsp3) is 0.364. The minimum atomic E-state index is -4.50. The van der Waals surface area contributed by atoms with E-state index in [2.05, 4.69) is 0 Å². The number of hydrogen-bond acceptors (Lipinski definition) is 4. The average molecular weight is 327 g/mol. The van der Waals surface area contributed by atoms with E-state index in [1.165, 1.54) is 6.07 Å². The molecule has 0 fully saturated rings. The molecule has 1 amide bonds. The normalized spacial score (nSPS) is 11.1. The summed E-state index contributed by atoms with van der Waals surface area (Å²) in [6.45, 7) is -2.03. The summed E-state index contributed by atoms with van der Waals surface area (Å²) >= 11 is 5.62. The molecule has 0 N–H and O–H groups in total. The van der Waals surface area contributed by atoms with Gasteiger partial charge in [0.15, 0.2) is 6.61 Å². The molecule has 0 atom stereocenters. The number of alkyl halides is 3. The summed E-state index contributed by atoms with van der Waals surface area (Å²) in [7, 11) is 0.988. The molecular formula is C11H10ClF3N2O4. The quantitative estimate of drug-likeness (QED) is 0.616. The lowest BCUT2D eigenvalue weighted by molar-refractivity contribution is -0.384. The Kier molecular flexibility index (Phi) is 5.36. The first-order valence-corrected chi connectivity index (χ1v) is 5.85. The fourth-order valence-electron chi connectivity index (χ4n) is 1.34. The molecule has 1 rings (SSSR count). The molecule has 6 nitrogen and oxygen atoms in total. The number of amides is 1. The molecule has 0 aliphatic rings. The highest BCUT2D eigenvalue weighted by Gasteiger charge is 2.31. The van der Waals surface area contributed by atoms with E-state index in [-0.39, 0.29) is 16.5 Å². The molecule has 21 heavy (non-hydrogen) atoms. The molecule has 0 aromatic heterocycles. The van der Waals surface area contributed by atoms with Gasteiger partial charge < -0.3 is 9.64 Å². The van der Waals surface area contributed by atoms with Crippen LogP contribution in [-0.2, 0) is 4.79 Å². The van der Waals surface area contributed by atoms with Crippen molar-refractivity contribution in [1.82, 2.24) is 4.90 Å². The van der Waals surface area contributed by atoms with Gasteiger partial charge in [0.05, 0.1) is 4.92 Å². The third-order valence-electron chi connectivity index (χ3n) is 2.32. The van der Waals surface area contributed by atoms with Gasteiger partial charge in [-0.05, 0) is 6.07 Å². The minimum absolute atomic E-state index is 0.0411.